The lowest BCUT2D eigenvalue weighted by atomic mass is 9.90. The van der Waals surface area contributed by atoms with Gasteiger partial charge in [0.1, 0.15) is 11.7 Å². The van der Waals surface area contributed by atoms with Crippen LogP contribution in [0.1, 0.15) is 11.6 Å². The van der Waals surface area contributed by atoms with Crippen molar-refractivity contribution in [2.45, 2.75) is 12.1 Å². The van der Waals surface area contributed by atoms with Crippen LogP contribution in [-0.4, -0.2) is 37.2 Å². The maximum atomic E-state index is 13.8. The number of anilines is 2. The molecule has 0 radical (unpaired) electrons. The number of benzene rings is 3. The van der Waals surface area contributed by atoms with Gasteiger partial charge in [0.05, 0.1) is 36.1 Å². The van der Waals surface area contributed by atoms with Gasteiger partial charge >= 0.3 is 0 Å². The van der Waals surface area contributed by atoms with Crippen molar-refractivity contribution in [1.82, 2.24) is 0 Å². The van der Waals surface area contributed by atoms with Gasteiger partial charge in [0, 0.05) is 0 Å². The first-order valence-electron chi connectivity index (χ1n) is 10.5. The minimum absolute atomic E-state index is 0.0579. The van der Waals surface area contributed by atoms with Gasteiger partial charge in [0.25, 0.3) is 5.91 Å². The Bertz CT molecular complexity index is 1270. The van der Waals surface area contributed by atoms with Gasteiger partial charge in [0.15, 0.2) is 17.6 Å². The molecular weight excluding hydrogens is 504 g/mol. The Morgan fingerprint density at radius 1 is 0.912 bits per heavy atom. The van der Waals surface area contributed by atoms with E-state index in [4.69, 9.17) is 14.3 Å². The number of para-hydroxylation sites is 3. The average Bonchev–Trinajstić information content (AvgIpc) is 3.37. The Morgan fingerprint density at radius 3 is 2.29 bits per heavy atom. The molecule has 8 nitrogen and oxygen atoms in total. The zero-order valence-electron chi connectivity index (χ0n) is 18.3. The Hall–Kier alpha value is -3.56. The molecule has 2 aliphatic heterocycles. The fourth-order valence-corrected chi connectivity index (χ4v) is 4.98. The Kier molecular flexibility index (Phi) is 5.66. The molecule has 0 aromatic heterocycles. The first-order chi connectivity index (χ1) is 16.5. The number of amides is 2. The van der Waals surface area contributed by atoms with Crippen molar-refractivity contribution in [2.24, 2.45) is 5.92 Å². The lowest BCUT2D eigenvalue weighted by molar-refractivity contribution is -0.126. The number of imide groups is 1. The molecule has 9 heteroatoms. The summed E-state index contributed by atoms with van der Waals surface area (Å²) >= 11 is 3.36. The molecule has 3 aromatic carbocycles. The number of fused-ring (bicyclic) bond motifs is 1. The molecule has 3 atom stereocenters. The van der Waals surface area contributed by atoms with Gasteiger partial charge in [-0.2, -0.15) is 0 Å². The fraction of sp³-hybridized carbons (Fsp3) is 0.200. The van der Waals surface area contributed by atoms with Crippen LogP contribution in [0.4, 0.5) is 11.4 Å². The number of carbonyl (C=O) groups is 2. The molecule has 34 heavy (non-hydrogen) atoms. The quantitative estimate of drug-likeness (QED) is 0.499. The predicted molar refractivity (Wildman–Crippen MR) is 128 cm³/mol. The zero-order chi connectivity index (χ0) is 24.0. The second-order valence-electron chi connectivity index (χ2n) is 7.90. The normalized spacial score (nSPS) is 21.7. The van der Waals surface area contributed by atoms with Crippen LogP contribution in [0.3, 0.4) is 0 Å². The van der Waals surface area contributed by atoms with Crippen molar-refractivity contribution >= 4 is 39.1 Å². The third-order valence-electron chi connectivity index (χ3n) is 6.06. The summed E-state index contributed by atoms with van der Waals surface area (Å²) in [6.07, 6.45) is -1.03. The first kappa shape index (κ1) is 22.2. The SMILES string of the molecule is COc1ccccc1N1C(=O)[C@@H]2[C@H](ON(c3ccccc3)[C@@H]2c2cc(Br)c(O)c(OC)c2)C1=O. The molecule has 2 aliphatic rings. The standard InChI is InChI=1S/C25H21BrN2O6/c1-32-18-11-7-6-10-17(18)27-24(30)20-21(14-12-16(26)22(29)19(13-14)33-2)28(34-23(20)25(27)31)15-8-4-3-5-9-15/h3-13,20-21,23,29H,1-2H3/t20-,21+,23-/m0/s1. The van der Waals surface area contributed by atoms with E-state index in [1.807, 2.05) is 30.3 Å². The number of rotatable bonds is 5. The lowest BCUT2D eigenvalue weighted by Crippen LogP contribution is -2.37. The summed E-state index contributed by atoms with van der Waals surface area (Å²) < 4.78 is 11.1. The van der Waals surface area contributed by atoms with E-state index in [1.54, 1.807) is 41.5 Å². The van der Waals surface area contributed by atoms with E-state index in [0.29, 0.717) is 27.2 Å². The summed E-state index contributed by atoms with van der Waals surface area (Å²) in [5, 5.41) is 11.9. The van der Waals surface area contributed by atoms with E-state index in [0.717, 1.165) is 4.90 Å². The number of carbonyl (C=O) groups excluding carboxylic acids is 2. The molecule has 0 bridgehead atoms. The summed E-state index contributed by atoms with van der Waals surface area (Å²) in [4.78, 5) is 34.6. The molecule has 1 N–H and O–H groups in total. The molecule has 0 aliphatic carbocycles. The summed E-state index contributed by atoms with van der Waals surface area (Å²) in [6, 6.07) is 18.8. The maximum Gasteiger partial charge on any atom is 0.266 e. The van der Waals surface area contributed by atoms with Gasteiger partial charge in [0.2, 0.25) is 5.91 Å². The van der Waals surface area contributed by atoms with E-state index in [-0.39, 0.29) is 11.5 Å². The number of phenols is 1. The van der Waals surface area contributed by atoms with Gasteiger partial charge in [-0.15, -0.1) is 0 Å². The van der Waals surface area contributed by atoms with Crippen LogP contribution in [-0.2, 0) is 14.4 Å². The van der Waals surface area contributed by atoms with Crippen molar-refractivity contribution in [3.8, 4) is 17.2 Å². The van der Waals surface area contributed by atoms with Crippen molar-refractivity contribution < 1.29 is 29.0 Å². The van der Waals surface area contributed by atoms with Gasteiger partial charge < -0.3 is 14.6 Å². The minimum atomic E-state index is -1.03. The van der Waals surface area contributed by atoms with E-state index in [9.17, 15) is 14.7 Å². The number of ether oxygens (including phenoxy) is 2. The van der Waals surface area contributed by atoms with Crippen LogP contribution in [0, 0.1) is 5.92 Å². The van der Waals surface area contributed by atoms with E-state index in [2.05, 4.69) is 15.9 Å². The maximum absolute atomic E-state index is 13.8. The van der Waals surface area contributed by atoms with E-state index >= 15 is 0 Å². The van der Waals surface area contributed by atoms with Crippen LogP contribution >= 0.6 is 15.9 Å². The monoisotopic (exact) mass is 524 g/mol. The van der Waals surface area contributed by atoms with Crippen LogP contribution in [0.15, 0.2) is 71.2 Å². The number of halogens is 1. The molecule has 2 amide bonds. The highest BCUT2D eigenvalue weighted by Gasteiger charge is 2.60. The van der Waals surface area contributed by atoms with Crippen molar-refractivity contribution in [1.29, 1.82) is 0 Å². The summed E-state index contributed by atoms with van der Waals surface area (Å²) in [5.41, 5.74) is 1.70. The van der Waals surface area contributed by atoms with Gasteiger partial charge in [-0.1, -0.05) is 30.3 Å². The summed E-state index contributed by atoms with van der Waals surface area (Å²) in [6.45, 7) is 0. The lowest BCUT2D eigenvalue weighted by Gasteiger charge is -2.29. The predicted octanol–water partition coefficient (Wildman–Crippen LogP) is 4.22. The van der Waals surface area contributed by atoms with E-state index < -0.39 is 29.9 Å². The number of hydrogen-bond donors (Lipinski definition) is 1. The first-order valence-corrected chi connectivity index (χ1v) is 11.3. The Labute approximate surface area is 204 Å². The molecule has 2 saturated heterocycles. The second kappa shape index (κ2) is 8.66. The van der Waals surface area contributed by atoms with Crippen LogP contribution < -0.4 is 19.4 Å². The molecule has 5 rings (SSSR count). The number of aromatic hydroxyl groups is 1. The molecule has 174 valence electrons. The number of nitrogens with zero attached hydrogens (tertiary/aromatic N) is 2. The summed E-state index contributed by atoms with van der Waals surface area (Å²) in [5.74, 6) is -1.11. The summed E-state index contributed by atoms with van der Waals surface area (Å²) in [7, 11) is 2.93. The third kappa shape index (κ3) is 3.39. The molecule has 0 unspecified atom stereocenters. The largest absolute Gasteiger partial charge is 0.503 e. The minimum Gasteiger partial charge on any atom is -0.503 e. The number of hydroxylamine groups is 1. The molecule has 0 saturated carbocycles. The second-order valence-corrected chi connectivity index (χ2v) is 8.75. The van der Waals surface area contributed by atoms with Crippen molar-refractivity contribution in [3.63, 3.8) is 0 Å². The number of phenolic OH excluding ortho intramolecular Hbond substituents is 1. The third-order valence-corrected chi connectivity index (χ3v) is 6.67. The Balaban J connectivity index is 1.64. The highest BCUT2D eigenvalue weighted by Crippen LogP contribution is 2.50. The smallest absolute Gasteiger partial charge is 0.266 e. The topological polar surface area (TPSA) is 88.5 Å². The molecule has 0 spiro atoms. The zero-order valence-corrected chi connectivity index (χ0v) is 19.9. The van der Waals surface area contributed by atoms with Crippen molar-refractivity contribution in [3.05, 3.63) is 76.8 Å². The van der Waals surface area contributed by atoms with Crippen LogP contribution in [0.25, 0.3) is 0 Å². The number of methoxy groups -OCH3 is 2. The fourth-order valence-electron chi connectivity index (χ4n) is 4.52. The highest BCUT2D eigenvalue weighted by molar-refractivity contribution is 9.10. The van der Waals surface area contributed by atoms with Gasteiger partial charge in [-0.05, 0) is 57.9 Å². The van der Waals surface area contributed by atoms with Gasteiger partial charge in [-0.3, -0.25) is 14.4 Å². The number of hydrogen-bond acceptors (Lipinski definition) is 7. The molecule has 3 aromatic rings. The van der Waals surface area contributed by atoms with Gasteiger partial charge in [-0.25, -0.2) is 9.96 Å². The molecular formula is C25H21BrN2O6. The van der Waals surface area contributed by atoms with Crippen LogP contribution in [0.2, 0.25) is 0 Å². The highest BCUT2D eigenvalue weighted by atomic mass is 79.9. The molecule has 2 fully saturated rings. The van der Waals surface area contributed by atoms with Crippen LogP contribution in [0.5, 0.6) is 17.2 Å². The van der Waals surface area contributed by atoms with Crippen molar-refractivity contribution in [2.75, 3.05) is 24.2 Å². The van der Waals surface area contributed by atoms with E-state index in [1.165, 1.54) is 14.2 Å². The average molecular weight is 525 g/mol. The Morgan fingerprint density at radius 2 is 1.59 bits per heavy atom. The molecule has 2 heterocycles.